The molecule has 0 atom stereocenters. The summed E-state index contributed by atoms with van der Waals surface area (Å²) >= 11 is 1.58. The van der Waals surface area contributed by atoms with Gasteiger partial charge in [0, 0.05) is 11.1 Å². The van der Waals surface area contributed by atoms with E-state index >= 15 is 0 Å². The Bertz CT molecular complexity index is 454. The van der Waals surface area contributed by atoms with Crippen molar-refractivity contribution in [3.63, 3.8) is 0 Å². The van der Waals surface area contributed by atoms with Gasteiger partial charge in [0.1, 0.15) is 5.03 Å². The Morgan fingerprint density at radius 2 is 1.87 bits per heavy atom. The van der Waals surface area contributed by atoms with Gasteiger partial charge in [-0.3, -0.25) is 0 Å². The minimum absolute atomic E-state index is 0.312. The molecule has 15 heavy (non-hydrogen) atoms. The number of aromatic nitrogens is 2. The lowest BCUT2D eigenvalue weighted by molar-refractivity contribution is 1.06. The normalized spacial score (nSPS) is 10.2. The van der Waals surface area contributed by atoms with Crippen molar-refractivity contribution in [2.24, 2.45) is 0 Å². The molecule has 2 aromatic rings. The van der Waals surface area contributed by atoms with Gasteiger partial charge in [-0.25, -0.2) is 9.97 Å². The summed E-state index contributed by atoms with van der Waals surface area (Å²) < 4.78 is 0. The first-order chi connectivity index (χ1) is 7.24. The van der Waals surface area contributed by atoms with Crippen molar-refractivity contribution in [3.05, 3.63) is 42.1 Å². The van der Waals surface area contributed by atoms with Crippen LogP contribution in [0.3, 0.4) is 0 Å². The highest BCUT2D eigenvalue weighted by Crippen LogP contribution is 2.25. The predicted octanol–water partition coefficient (Wildman–Crippen LogP) is 2.52. The summed E-state index contributed by atoms with van der Waals surface area (Å²) in [5.74, 6) is 0.312. The first kappa shape index (κ1) is 9.98. The molecule has 1 heterocycles. The molecule has 0 radical (unpaired) electrons. The zero-order valence-corrected chi connectivity index (χ0v) is 9.16. The van der Waals surface area contributed by atoms with E-state index in [9.17, 15) is 0 Å². The second kappa shape index (κ2) is 4.31. The zero-order chi connectivity index (χ0) is 10.7. The number of anilines is 1. The summed E-state index contributed by atoms with van der Waals surface area (Å²) in [5, 5.41) is 0.867. The molecule has 0 unspecified atom stereocenters. The van der Waals surface area contributed by atoms with E-state index in [4.69, 9.17) is 5.73 Å². The van der Waals surface area contributed by atoms with E-state index in [2.05, 4.69) is 41.2 Å². The van der Waals surface area contributed by atoms with Gasteiger partial charge in [-0.05, 0) is 25.1 Å². The van der Waals surface area contributed by atoms with Crippen molar-refractivity contribution >= 4 is 17.7 Å². The van der Waals surface area contributed by atoms with Crippen LogP contribution in [0.15, 0.2) is 46.5 Å². The van der Waals surface area contributed by atoms with Crippen LogP contribution in [0.1, 0.15) is 5.56 Å². The third kappa shape index (κ3) is 2.70. The first-order valence-corrected chi connectivity index (χ1v) is 5.39. The number of hydrogen-bond acceptors (Lipinski definition) is 4. The molecule has 0 aliphatic rings. The molecule has 0 saturated heterocycles. The Balaban J connectivity index is 2.18. The predicted molar refractivity (Wildman–Crippen MR) is 61.7 cm³/mol. The largest absolute Gasteiger partial charge is 0.368 e. The van der Waals surface area contributed by atoms with E-state index in [0.29, 0.717) is 5.95 Å². The van der Waals surface area contributed by atoms with Crippen LogP contribution in [0.5, 0.6) is 0 Å². The lowest BCUT2D eigenvalue weighted by atomic mass is 10.2. The fraction of sp³-hybridized carbons (Fsp3) is 0.0909. The number of hydrogen-bond donors (Lipinski definition) is 1. The van der Waals surface area contributed by atoms with Crippen molar-refractivity contribution in [1.82, 2.24) is 9.97 Å². The van der Waals surface area contributed by atoms with Gasteiger partial charge in [-0.15, -0.1) is 0 Å². The quantitative estimate of drug-likeness (QED) is 0.785. The molecule has 0 spiro atoms. The molecule has 1 aromatic heterocycles. The zero-order valence-electron chi connectivity index (χ0n) is 8.34. The molecule has 0 aliphatic carbocycles. The maximum atomic E-state index is 5.50. The van der Waals surface area contributed by atoms with Crippen molar-refractivity contribution in [2.45, 2.75) is 16.8 Å². The number of nitrogens with two attached hydrogens (primary N) is 1. The standard InChI is InChI=1S/C11H11N3S/c1-8-2-4-9(5-3-8)15-10-6-7-13-11(12)14-10/h2-7H,1H3,(H2,12,13,14). The van der Waals surface area contributed by atoms with Gasteiger partial charge in [0.2, 0.25) is 5.95 Å². The second-order valence-electron chi connectivity index (χ2n) is 3.17. The Morgan fingerprint density at radius 3 is 2.53 bits per heavy atom. The Morgan fingerprint density at radius 1 is 1.13 bits per heavy atom. The molecule has 0 bridgehead atoms. The highest BCUT2D eigenvalue weighted by Gasteiger charge is 1.99. The number of nitrogens with zero attached hydrogens (tertiary/aromatic N) is 2. The summed E-state index contributed by atoms with van der Waals surface area (Å²) in [6.45, 7) is 2.07. The van der Waals surface area contributed by atoms with Crippen molar-refractivity contribution < 1.29 is 0 Å². The molecule has 0 aliphatic heterocycles. The first-order valence-electron chi connectivity index (χ1n) is 4.57. The van der Waals surface area contributed by atoms with E-state index < -0.39 is 0 Å². The lowest BCUT2D eigenvalue weighted by Gasteiger charge is -2.01. The molecule has 0 amide bonds. The van der Waals surface area contributed by atoms with Crippen molar-refractivity contribution in [3.8, 4) is 0 Å². The SMILES string of the molecule is Cc1ccc(Sc2ccnc(N)n2)cc1. The maximum Gasteiger partial charge on any atom is 0.221 e. The van der Waals surface area contributed by atoms with Gasteiger partial charge in [-0.2, -0.15) is 0 Å². The third-order valence-corrected chi connectivity index (χ3v) is 2.84. The minimum Gasteiger partial charge on any atom is -0.368 e. The van der Waals surface area contributed by atoms with Crippen molar-refractivity contribution in [1.29, 1.82) is 0 Å². The average Bonchev–Trinajstić information content (AvgIpc) is 2.22. The maximum absolute atomic E-state index is 5.50. The summed E-state index contributed by atoms with van der Waals surface area (Å²) in [7, 11) is 0. The van der Waals surface area contributed by atoms with E-state index in [1.54, 1.807) is 18.0 Å². The van der Waals surface area contributed by atoms with Crippen LogP contribution < -0.4 is 5.73 Å². The molecular weight excluding hydrogens is 206 g/mol. The fourth-order valence-electron chi connectivity index (χ4n) is 1.14. The number of benzene rings is 1. The van der Waals surface area contributed by atoms with Crippen LogP contribution in [0, 0.1) is 6.92 Å². The van der Waals surface area contributed by atoms with Gasteiger partial charge < -0.3 is 5.73 Å². The minimum atomic E-state index is 0.312. The van der Waals surface area contributed by atoms with Gasteiger partial charge >= 0.3 is 0 Å². The number of nitrogen functional groups attached to an aromatic ring is 1. The van der Waals surface area contributed by atoms with Crippen LogP contribution in [0.25, 0.3) is 0 Å². The number of rotatable bonds is 2. The Kier molecular flexibility index (Phi) is 2.87. The number of aryl methyl sites for hydroxylation is 1. The van der Waals surface area contributed by atoms with Gasteiger partial charge in [-0.1, -0.05) is 29.5 Å². The van der Waals surface area contributed by atoms with E-state index in [1.807, 2.05) is 6.07 Å². The van der Waals surface area contributed by atoms with E-state index in [0.717, 1.165) is 9.92 Å². The fourth-order valence-corrected chi connectivity index (χ4v) is 1.92. The molecule has 0 fully saturated rings. The van der Waals surface area contributed by atoms with E-state index in [-0.39, 0.29) is 0 Å². The summed E-state index contributed by atoms with van der Waals surface area (Å²) in [6.07, 6.45) is 1.67. The summed E-state index contributed by atoms with van der Waals surface area (Å²) in [4.78, 5) is 9.12. The lowest BCUT2D eigenvalue weighted by Crippen LogP contribution is -1.93. The van der Waals surface area contributed by atoms with Gasteiger partial charge in [0.25, 0.3) is 0 Å². The molecule has 4 heteroatoms. The third-order valence-electron chi connectivity index (χ3n) is 1.89. The molecule has 2 rings (SSSR count). The topological polar surface area (TPSA) is 51.8 Å². The molecule has 1 aromatic carbocycles. The highest BCUT2D eigenvalue weighted by molar-refractivity contribution is 7.99. The molecule has 0 saturated carbocycles. The van der Waals surface area contributed by atoms with E-state index in [1.165, 1.54) is 5.56 Å². The summed E-state index contributed by atoms with van der Waals surface area (Å²) in [5.41, 5.74) is 6.75. The Hall–Kier alpha value is -1.55. The van der Waals surface area contributed by atoms with Gasteiger partial charge in [0.05, 0.1) is 0 Å². The second-order valence-corrected chi connectivity index (χ2v) is 4.26. The molecule has 76 valence electrons. The molecule has 3 nitrogen and oxygen atoms in total. The van der Waals surface area contributed by atoms with Gasteiger partial charge in [0.15, 0.2) is 0 Å². The van der Waals surface area contributed by atoms with Crippen LogP contribution >= 0.6 is 11.8 Å². The molecule has 2 N–H and O–H groups in total. The van der Waals surface area contributed by atoms with Crippen LogP contribution in [-0.4, -0.2) is 9.97 Å². The monoisotopic (exact) mass is 217 g/mol. The molecular formula is C11H11N3S. The Labute approximate surface area is 92.8 Å². The van der Waals surface area contributed by atoms with Crippen LogP contribution in [-0.2, 0) is 0 Å². The van der Waals surface area contributed by atoms with Crippen molar-refractivity contribution in [2.75, 3.05) is 5.73 Å². The average molecular weight is 217 g/mol. The summed E-state index contributed by atoms with van der Waals surface area (Å²) in [6, 6.07) is 10.1. The van der Waals surface area contributed by atoms with Crippen LogP contribution in [0.4, 0.5) is 5.95 Å². The highest BCUT2D eigenvalue weighted by atomic mass is 32.2. The van der Waals surface area contributed by atoms with Crippen LogP contribution in [0.2, 0.25) is 0 Å². The smallest absolute Gasteiger partial charge is 0.221 e.